The zero-order valence-corrected chi connectivity index (χ0v) is 14.5. The molecule has 0 heterocycles. The molecule has 0 bridgehead atoms. The van der Waals surface area contributed by atoms with Crippen molar-refractivity contribution in [3.63, 3.8) is 0 Å². The summed E-state index contributed by atoms with van der Waals surface area (Å²) in [6, 6.07) is 14.9. The van der Waals surface area contributed by atoms with E-state index in [0.717, 1.165) is 22.4 Å². The van der Waals surface area contributed by atoms with Crippen molar-refractivity contribution in [2.24, 2.45) is 0 Å². The largest absolute Gasteiger partial charge is 0.489 e. The number of aliphatic hydroxyl groups is 1. The van der Waals surface area contributed by atoms with E-state index in [0.29, 0.717) is 13.0 Å². The number of hydrogen-bond acceptors (Lipinski definition) is 3. The molecule has 3 unspecified atom stereocenters. The first-order chi connectivity index (χ1) is 12.0. The SMILES string of the molecule is Cc1cccc(OC(C)CNC(=O)NC2c3ccccc3CC2O)c1. The summed E-state index contributed by atoms with van der Waals surface area (Å²) in [5, 5.41) is 15.9. The molecule has 0 fully saturated rings. The van der Waals surface area contributed by atoms with Gasteiger partial charge < -0.3 is 20.5 Å². The van der Waals surface area contributed by atoms with Crippen LogP contribution >= 0.6 is 0 Å². The maximum Gasteiger partial charge on any atom is 0.315 e. The number of rotatable bonds is 5. The molecule has 25 heavy (non-hydrogen) atoms. The molecule has 5 heteroatoms. The van der Waals surface area contributed by atoms with Crippen LogP contribution in [-0.2, 0) is 6.42 Å². The molecule has 0 aromatic heterocycles. The fraction of sp³-hybridized carbons (Fsp3) is 0.350. The van der Waals surface area contributed by atoms with Gasteiger partial charge in [0.15, 0.2) is 0 Å². The van der Waals surface area contributed by atoms with Gasteiger partial charge in [0.05, 0.1) is 18.7 Å². The number of carbonyl (C=O) groups is 1. The molecule has 0 radical (unpaired) electrons. The average molecular weight is 340 g/mol. The van der Waals surface area contributed by atoms with Gasteiger partial charge in [-0.15, -0.1) is 0 Å². The summed E-state index contributed by atoms with van der Waals surface area (Å²) in [5.41, 5.74) is 3.19. The summed E-state index contributed by atoms with van der Waals surface area (Å²) < 4.78 is 5.80. The minimum absolute atomic E-state index is 0.159. The van der Waals surface area contributed by atoms with E-state index in [4.69, 9.17) is 4.74 Å². The molecule has 2 amide bonds. The van der Waals surface area contributed by atoms with Gasteiger partial charge >= 0.3 is 6.03 Å². The number of urea groups is 1. The lowest BCUT2D eigenvalue weighted by molar-refractivity contribution is 0.141. The molecule has 132 valence electrons. The molecule has 3 atom stereocenters. The van der Waals surface area contributed by atoms with E-state index in [9.17, 15) is 9.90 Å². The minimum Gasteiger partial charge on any atom is -0.489 e. The number of ether oxygens (including phenoxy) is 1. The fourth-order valence-electron chi connectivity index (χ4n) is 3.14. The highest BCUT2D eigenvalue weighted by Crippen LogP contribution is 2.31. The van der Waals surface area contributed by atoms with Crippen molar-refractivity contribution in [3.8, 4) is 5.75 Å². The van der Waals surface area contributed by atoms with Crippen LogP contribution in [0.3, 0.4) is 0 Å². The molecule has 1 aliphatic rings. The second-order valence-electron chi connectivity index (χ2n) is 6.55. The molecule has 2 aromatic rings. The lowest BCUT2D eigenvalue weighted by Gasteiger charge is -2.20. The van der Waals surface area contributed by atoms with Crippen LogP contribution in [0.25, 0.3) is 0 Å². The first-order valence-corrected chi connectivity index (χ1v) is 8.56. The highest BCUT2D eigenvalue weighted by Gasteiger charge is 2.31. The van der Waals surface area contributed by atoms with Gasteiger partial charge in [-0.2, -0.15) is 0 Å². The average Bonchev–Trinajstić information content (AvgIpc) is 2.89. The van der Waals surface area contributed by atoms with Gasteiger partial charge in [-0.3, -0.25) is 0 Å². The zero-order valence-electron chi connectivity index (χ0n) is 14.5. The van der Waals surface area contributed by atoms with E-state index < -0.39 is 6.10 Å². The summed E-state index contributed by atoms with van der Waals surface area (Å²) in [6.07, 6.45) is -0.189. The lowest BCUT2D eigenvalue weighted by Crippen LogP contribution is -2.43. The number of carbonyl (C=O) groups excluding carboxylic acids is 1. The predicted octanol–water partition coefficient (Wildman–Crippen LogP) is 2.72. The van der Waals surface area contributed by atoms with Crippen LogP contribution < -0.4 is 15.4 Å². The molecule has 2 aromatic carbocycles. The number of aryl methyl sites for hydroxylation is 1. The fourth-order valence-corrected chi connectivity index (χ4v) is 3.14. The monoisotopic (exact) mass is 340 g/mol. The summed E-state index contributed by atoms with van der Waals surface area (Å²) in [6.45, 7) is 4.29. The van der Waals surface area contributed by atoms with Gasteiger partial charge in [0, 0.05) is 6.42 Å². The first kappa shape index (κ1) is 17.3. The third-order valence-corrected chi connectivity index (χ3v) is 4.37. The second-order valence-corrected chi connectivity index (χ2v) is 6.55. The number of aliphatic hydroxyl groups excluding tert-OH is 1. The van der Waals surface area contributed by atoms with Crippen LogP contribution in [0.2, 0.25) is 0 Å². The predicted molar refractivity (Wildman–Crippen MR) is 96.7 cm³/mol. The van der Waals surface area contributed by atoms with E-state index in [2.05, 4.69) is 10.6 Å². The van der Waals surface area contributed by atoms with Gasteiger partial charge in [0.1, 0.15) is 11.9 Å². The molecule has 5 nitrogen and oxygen atoms in total. The number of amides is 2. The Kier molecular flexibility index (Phi) is 5.24. The summed E-state index contributed by atoms with van der Waals surface area (Å²) >= 11 is 0. The van der Waals surface area contributed by atoms with Crippen molar-refractivity contribution < 1.29 is 14.6 Å². The zero-order chi connectivity index (χ0) is 17.8. The minimum atomic E-state index is -0.593. The summed E-state index contributed by atoms with van der Waals surface area (Å²) in [5.74, 6) is 0.787. The molecule has 0 saturated carbocycles. The van der Waals surface area contributed by atoms with Crippen molar-refractivity contribution in [1.29, 1.82) is 0 Å². The lowest BCUT2D eigenvalue weighted by atomic mass is 10.1. The highest BCUT2D eigenvalue weighted by molar-refractivity contribution is 5.74. The molecule has 0 spiro atoms. The first-order valence-electron chi connectivity index (χ1n) is 8.56. The van der Waals surface area contributed by atoms with E-state index in [-0.39, 0.29) is 18.2 Å². The Bertz CT molecular complexity index is 747. The Morgan fingerprint density at radius 1 is 1.28 bits per heavy atom. The Morgan fingerprint density at radius 2 is 2.08 bits per heavy atom. The summed E-state index contributed by atoms with van der Waals surface area (Å²) in [4.78, 5) is 12.2. The maximum absolute atomic E-state index is 12.2. The van der Waals surface area contributed by atoms with Crippen LogP contribution in [0.5, 0.6) is 5.75 Å². The molecule has 3 rings (SSSR count). The van der Waals surface area contributed by atoms with E-state index >= 15 is 0 Å². The number of hydrogen-bond donors (Lipinski definition) is 3. The molecule has 3 N–H and O–H groups in total. The molecular weight excluding hydrogens is 316 g/mol. The number of benzene rings is 2. The van der Waals surface area contributed by atoms with Crippen LogP contribution in [0.15, 0.2) is 48.5 Å². The Labute approximate surface area is 148 Å². The van der Waals surface area contributed by atoms with E-state index in [1.54, 1.807) is 0 Å². The third kappa shape index (κ3) is 4.31. The van der Waals surface area contributed by atoms with Gasteiger partial charge in [-0.1, -0.05) is 36.4 Å². The molecule has 0 saturated heterocycles. The van der Waals surface area contributed by atoms with Gasteiger partial charge in [0.2, 0.25) is 0 Å². The van der Waals surface area contributed by atoms with Gasteiger partial charge in [-0.05, 0) is 42.7 Å². The van der Waals surface area contributed by atoms with Crippen LogP contribution in [0.1, 0.15) is 29.7 Å². The highest BCUT2D eigenvalue weighted by atomic mass is 16.5. The Balaban J connectivity index is 1.50. The van der Waals surface area contributed by atoms with Crippen molar-refractivity contribution in [1.82, 2.24) is 10.6 Å². The Morgan fingerprint density at radius 3 is 2.88 bits per heavy atom. The Hall–Kier alpha value is -2.53. The van der Waals surface area contributed by atoms with E-state index in [1.807, 2.05) is 62.4 Å². The summed E-state index contributed by atoms with van der Waals surface area (Å²) in [7, 11) is 0. The van der Waals surface area contributed by atoms with Crippen LogP contribution in [0, 0.1) is 6.92 Å². The normalized spacial score (nSPS) is 19.8. The number of fused-ring (bicyclic) bond motifs is 1. The van der Waals surface area contributed by atoms with Crippen molar-refractivity contribution in [2.45, 2.75) is 38.5 Å². The molecule has 0 aliphatic heterocycles. The van der Waals surface area contributed by atoms with Gasteiger partial charge in [0.25, 0.3) is 0 Å². The van der Waals surface area contributed by atoms with E-state index in [1.165, 1.54) is 0 Å². The smallest absolute Gasteiger partial charge is 0.315 e. The number of nitrogens with one attached hydrogen (secondary N) is 2. The molecule has 1 aliphatic carbocycles. The van der Waals surface area contributed by atoms with Crippen molar-refractivity contribution >= 4 is 6.03 Å². The third-order valence-electron chi connectivity index (χ3n) is 4.37. The maximum atomic E-state index is 12.2. The van der Waals surface area contributed by atoms with Crippen molar-refractivity contribution in [3.05, 3.63) is 65.2 Å². The van der Waals surface area contributed by atoms with Gasteiger partial charge in [-0.25, -0.2) is 4.79 Å². The standard InChI is InChI=1S/C20H24N2O3/c1-13-6-5-8-16(10-13)25-14(2)12-21-20(24)22-19-17-9-4-3-7-15(17)11-18(19)23/h3-10,14,18-19,23H,11-12H2,1-2H3,(H2,21,22,24). The van der Waals surface area contributed by atoms with Crippen molar-refractivity contribution in [2.75, 3.05) is 6.54 Å². The second kappa shape index (κ2) is 7.57. The van der Waals surface area contributed by atoms with Crippen LogP contribution in [-0.4, -0.2) is 29.9 Å². The molecular formula is C20H24N2O3. The topological polar surface area (TPSA) is 70.6 Å². The van der Waals surface area contributed by atoms with Crippen LogP contribution in [0.4, 0.5) is 4.79 Å². The quantitative estimate of drug-likeness (QED) is 0.784.